The smallest absolute Gasteiger partial charge is 0.390 e. The molecule has 0 radical (unpaired) electrons. The minimum atomic E-state index is -4.60. The Hall–Kier alpha value is -1.25. The Balaban J connectivity index is 4.13. The van der Waals surface area contributed by atoms with E-state index in [1.807, 2.05) is 0 Å². The topological polar surface area (TPSA) is 61.1 Å². The van der Waals surface area contributed by atoms with Crippen molar-refractivity contribution >= 4 is 5.97 Å². The Morgan fingerprint density at radius 2 is 2.09 bits per heavy atom. The standard InChI is InChI=1S/C5H4F3NO2/c6-5(7,8)1-3(2-9)4(10)11/h3H,1H2,(H,10,11). The molecule has 0 aromatic carbocycles. The monoisotopic (exact) mass is 167 g/mol. The van der Waals surface area contributed by atoms with Crippen LogP contribution in [0.25, 0.3) is 0 Å². The van der Waals surface area contributed by atoms with E-state index >= 15 is 0 Å². The summed E-state index contributed by atoms with van der Waals surface area (Å²) < 4.78 is 34.3. The predicted molar refractivity (Wildman–Crippen MR) is 27.4 cm³/mol. The summed E-state index contributed by atoms with van der Waals surface area (Å²) in [5.74, 6) is -3.74. The number of halogens is 3. The number of nitrogens with zero attached hydrogens (tertiary/aromatic N) is 1. The summed E-state index contributed by atoms with van der Waals surface area (Å²) in [5, 5.41) is 15.9. The molecule has 3 nitrogen and oxygen atoms in total. The number of hydrogen-bond acceptors (Lipinski definition) is 2. The molecule has 0 saturated heterocycles. The van der Waals surface area contributed by atoms with Gasteiger partial charge in [0.1, 0.15) is 0 Å². The summed E-state index contributed by atoms with van der Waals surface area (Å²) in [6, 6.07) is 1.04. The highest BCUT2D eigenvalue weighted by molar-refractivity contribution is 5.72. The Bertz CT molecular complexity index is 193. The van der Waals surface area contributed by atoms with Gasteiger partial charge in [0, 0.05) is 0 Å². The molecule has 0 aromatic heterocycles. The van der Waals surface area contributed by atoms with Gasteiger partial charge in [-0.3, -0.25) is 4.79 Å². The summed E-state index contributed by atoms with van der Waals surface area (Å²) in [5.41, 5.74) is 0. The van der Waals surface area contributed by atoms with E-state index in [0.29, 0.717) is 0 Å². The molecule has 6 heteroatoms. The minimum absolute atomic E-state index is 1.04. The summed E-state index contributed by atoms with van der Waals surface area (Å²) in [7, 11) is 0. The lowest BCUT2D eigenvalue weighted by Crippen LogP contribution is -2.20. The molecule has 0 bridgehead atoms. The van der Waals surface area contributed by atoms with E-state index in [4.69, 9.17) is 10.4 Å². The third-order valence-corrected chi connectivity index (χ3v) is 0.890. The third-order valence-electron chi connectivity index (χ3n) is 0.890. The Morgan fingerprint density at radius 1 is 1.64 bits per heavy atom. The van der Waals surface area contributed by atoms with Crippen molar-refractivity contribution in [3.8, 4) is 6.07 Å². The second-order valence-electron chi connectivity index (χ2n) is 1.84. The number of hydrogen-bond donors (Lipinski definition) is 1. The highest BCUT2D eigenvalue weighted by Crippen LogP contribution is 2.24. The van der Waals surface area contributed by atoms with Crippen LogP contribution in [-0.2, 0) is 4.79 Å². The van der Waals surface area contributed by atoms with E-state index in [0.717, 1.165) is 6.07 Å². The molecule has 1 unspecified atom stereocenters. The number of carboxylic acids is 1. The molecule has 0 aliphatic rings. The molecule has 0 rings (SSSR count). The molecule has 0 aliphatic carbocycles. The van der Waals surface area contributed by atoms with E-state index in [1.165, 1.54) is 0 Å². The zero-order valence-corrected chi connectivity index (χ0v) is 5.22. The Labute approximate surface area is 60.0 Å². The van der Waals surface area contributed by atoms with Gasteiger partial charge in [-0.25, -0.2) is 0 Å². The average molecular weight is 167 g/mol. The molecule has 62 valence electrons. The Kier molecular flexibility index (Phi) is 2.87. The minimum Gasteiger partial charge on any atom is -0.480 e. The van der Waals surface area contributed by atoms with Gasteiger partial charge in [-0.1, -0.05) is 0 Å². The first kappa shape index (κ1) is 9.75. The molecule has 0 aliphatic heterocycles. The van der Waals surface area contributed by atoms with Gasteiger partial charge in [-0.2, -0.15) is 18.4 Å². The first-order valence-corrected chi connectivity index (χ1v) is 2.56. The van der Waals surface area contributed by atoms with Gasteiger partial charge >= 0.3 is 12.1 Å². The van der Waals surface area contributed by atoms with Crippen LogP contribution in [0.2, 0.25) is 0 Å². The van der Waals surface area contributed by atoms with Crippen molar-refractivity contribution in [1.29, 1.82) is 5.26 Å². The van der Waals surface area contributed by atoms with E-state index < -0.39 is 24.5 Å². The van der Waals surface area contributed by atoms with Crippen LogP contribution in [0.3, 0.4) is 0 Å². The van der Waals surface area contributed by atoms with Gasteiger partial charge in [0.25, 0.3) is 0 Å². The molecule has 0 saturated carbocycles. The van der Waals surface area contributed by atoms with Crippen LogP contribution in [0.1, 0.15) is 6.42 Å². The van der Waals surface area contributed by atoms with Crippen molar-refractivity contribution in [2.45, 2.75) is 12.6 Å². The summed E-state index contributed by atoms with van der Waals surface area (Å²) in [6.07, 6.45) is -6.20. The van der Waals surface area contributed by atoms with Gasteiger partial charge in [0.2, 0.25) is 0 Å². The zero-order valence-electron chi connectivity index (χ0n) is 5.22. The van der Waals surface area contributed by atoms with Crippen molar-refractivity contribution in [1.82, 2.24) is 0 Å². The first-order valence-electron chi connectivity index (χ1n) is 2.56. The van der Waals surface area contributed by atoms with Crippen molar-refractivity contribution in [3.05, 3.63) is 0 Å². The number of rotatable bonds is 2. The average Bonchev–Trinajstić information content (AvgIpc) is 1.80. The van der Waals surface area contributed by atoms with Crippen LogP contribution in [0.15, 0.2) is 0 Å². The highest BCUT2D eigenvalue weighted by Gasteiger charge is 2.35. The van der Waals surface area contributed by atoms with Gasteiger partial charge in [0.15, 0.2) is 5.92 Å². The number of nitriles is 1. The lowest BCUT2D eigenvalue weighted by Gasteiger charge is -2.06. The molecule has 1 N–H and O–H groups in total. The lowest BCUT2D eigenvalue weighted by atomic mass is 10.1. The molecule has 0 heterocycles. The van der Waals surface area contributed by atoms with Gasteiger partial charge < -0.3 is 5.11 Å². The van der Waals surface area contributed by atoms with Crippen LogP contribution >= 0.6 is 0 Å². The van der Waals surface area contributed by atoms with Crippen LogP contribution in [0.5, 0.6) is 0 Å². The molecule has 0 fully saturated rings. The maximum absolute atomic E-state index is 11.4. The van der Waals surface area contributed by atoms with Gasteiger partial charge in [0.05, 0.1) is 12.5 Å². The molecule has 0 aromatic rings. The van der Waals surface area contributed by atoms with E-state index in [1.54, 1.807) is 0 Å². The molecular formula is C5H4F3NO2. The van der Waals surface area contributed by atoms with E-state index in [-0.39, 0.29) is 0 Å². The van der Waals surface area contributed by atoms with E-state index in [2.05, 4.69) is 0 Å². The Morgan fingerprint density at radius 3 is 2.18 bits per heavy atom. The molecule has 1 atom stereocenters. The lowest BCUT2D eigenvalue weighted by molar-refractivity contribution is -0.159. The van der Waals surface area contributed by atoms with Crippen LogP contribution in [0, 0.1) is 17.2 Å². The maximum Gasteiger partial charge on any atom is 0.390 e. The third kappa shape index (κ3) is 4.19. The first-order chi connectivity index (χ1) is 4.87. The fourth-order valence-electron chi connectivity index (χ4n) is 0.420. The normalized spacial score (nSPS) is 13.6. The quantitative estimate of drug-likeness (QED) is 0.671. The van der Waals surface area contributed by atoms with Crippen molar-refractivity contribution < 1.29 is 23.1 Å². The van der Waals surface area contributed by atoms with Crippen molar-refractivity contribution in [2.75, 3.05) is 0 Å². The maximum atomic E-state index is 11.4. The van der Waals surface area contributed by atoms with Gasteiger partial charge in [-0.15, -0.1) is 0 Å². The number of carbonyl (C=O) groups is 1. The second-order valence-corrected chi connectivity index (χ2v) is 1.84. The largest absolute Gasteiger partial charge is 0.480 e. The molecule has 11 heavy (non-hydrogen) atoms. The molecular weight excluding hydrogens is 163 g/mol. The number of carboxylic acid groups (broad SMARTS) is 1. The summed E-state index contributed by atoms with van der Waals surface area (Å²) in [6.45, 7) is 0. The van der Waals surface area contributed by atoms with Gasteiger partial charge in [-0.05, 0) is 0 Å². The zero-order chi connectivity index (χ0) is 9.07. The van der Waals surface area contributed by atoms with Crippen molar-refractivity contribution in [2.24, 2.45) is 5.92 Å². The SMILES string of the molecule is N#CC(CC(F)(F)F)C(=O)O. The fraction of sp³-hybridized carbons (Fsp3) is 0.600. The molecule has 0 amide bonds. The van der Waals surface area contributed by atoms with Crippen LogP contribution in [-0.4, -0.2) is 17.3 Å². The highest BCUT2D eigenvalue weighted by atomic mass is 19.4. The van der Waals surface area contributed by atoms with Crippen LogP contribution in [0.4, 0.5) is 13.2 Å². The molecule has 0 spiro atoms. The van der Waals surface area contributed by atoms with E-state index in [9.17, 15) is 18.0 Å². The second kappa shape index (κ2) is 3.23. The summed E-state index contributed by atoms with van der Waals surface area (Å²) in [4.78, 5) is 9.89. The number of aliphatic carboxylic acids is 1. The fourth-order valence-corrected chi connectivity index (χ4v) is 0.420. The number of alkyl halides is 3. The van der Waals surface area contributed by atoms with Crippen molar-refractivity contribution in [3.63, 3.8) is 0 Å². The summed E-state index contributed by atoms with van der Waals surface area (Å²) >= 11 is 0. The van der Waals surface area contributed by atoms with Crippen LogP contribution < -0.4 is 0 Å². The predicted octanol–water partition coefficient (Wildman–Crippen LogP) is 1.16.